The molecule has 0 fully saturated rings. The van der Waals surface area contributed by atoms with Gasteiger partial charge in [0, 0.05) is 21.9 Å². The number of nitrogens with zero attached hydrogens (tertiary/aromatic N) is 2. The molecule has 4 nitrogen and oxygen atoms in total. The first kappa shape index (κ1) is 25.5. The van der Waals surface area contributed by atoms with Gasteiger partial charge in [-0.05, 0) is 62.5 Å². The summed E-state index contributed by atoms with van der Waals surface area (Å²) in [6.45, 7) is 0. The molecule has 4 heteroatoms. The molecule has 7 aromatic carbocycles. The van der Waals surface area contributed by atoms with Crippen molar-refractivity contribution in [2.45, 2.75) is 6.17 Å². The number of nitrogens with one attached hydrogen (secondary N) is 1. The van der Waals surface area contributed by atoms with Crippen molar-refractivity contribution < 1.29 is 4.42 Å². The average molecular weight is 578 g/mol. The molecule has 1 aliphatic rings. The molecule has 0 saturated heterocycles. The molecule has 1 aliphatic heterocycles. The van der Waals surface area contributed by atoms with Crippen LogP contribution in [0, 0.1) is 0 Å². The summed E-state index contributed by atoms with van der Waals surface area (Å²) in [5.41, 5.74) is 6.92. The number of hydrogen-bond donors (Lipinski definition) is 1. The van der Waals surface area contributed by atoms with E-state index in [1.807, 2.05) is 24.3 Å². The molecule has 2 heterocycles. The Morgan fingerprint density at radius 1 is 0.533 bits per heavy atom. The number of aliphatic imine (C=N–C) groups is 2. The first-order valence-electron chi connectivity index (χ1n) is 15.2. The maximum Gasteiger partial charge on any atom is 0.159 e. The Kier molecular flexibility index (Phi) is 5.85. The highest BCUT2D eigenvalue weighted by Crippen LogP contribution is 2.38. The SMILES string of the molecule is c1ccc(-c2ccc3oc4ccccc4c3c2C2=NC(c3ccc4c(ccc5ccccc54)c3)=NC(c3ccccc3)N2)cc1. The lowest BCUT2D eigenvalue weighted by molar-refractivity contribution is 0.668. The standard InChI is InChI=1S/C41H27N3O/c1-3-11-26(12-4-1)33-23-24-36-37(34-17-9-10-18-35(34)45-36)38(33)41-43-39(28-14-5-2-6-15-28)42-40(44-41)30-21-22-32-29(25-30)20-19-27-13-7-8-16-31(27)32/h1-25,39H,(H,42,43,44). The van der Waals surface area contributed by atoms with Crippen LogP contribution in [0.3, 0.4) is 0 Å². The number of fused-ring (bicyclic) bond motifs is 6. The molecule has 1 aromatic heterocycles. The molecule has 212 valence electrons. The molecule has 1 N–H and O–H groups in total. The lowest BCUT2D eigenvalue weighted by Gasteiger charge is -2.25. The molecule has 0 amide bonds. The van der Waals surface area contributed by atoms with Gasteiger partial charge in [-0.15, -0.1) is 0 Å². The molecule has 1 unspecified atom stereocenters. The zero-order valence-corrected chi connectivity index (χ0v) is 24.3. The molecule has 0 radical (unpaired) electrons. The van der Waals surface area contributed by atoms with Crippen LogP contribution in [0.15, 0.2) is 166 Å². The predicted octanol–water partition coefficient (Wildman–Crippen LogP) is 10.1. The lowest BCUT2D eigenvalue weighted by atomic mass is 9.93. The van der Waals surface area contributed by atoms with E-state index >= 15 is 0 Å². The second-order valence-electron chi connectivity index (χ2n) is 11.4. The third-order valence-electron chi connectivity index (χ3n) is 8.73. The Hall–Kier alpha value is -6.00. The van der Waals surface area contributed by atoms with Crippen LogP contribution < -0.4 is 5.32 Å². The fourth-order valence-electron chi connectivity index (χ4n) is 6.58. The van der Waals surface area contributed by atoms with E-state index in [4.69, 9.17) is 14.4 Å². The summed E-state index contributed by atoms with van der Waals surface area (Å²) < 4.78 is 6.37. The zero-order chi connectivity index (χ0) is 29.7. The monoisotopic (exact) mass is 577 g/mol. The number of hydrogen-bond acceptors (Lipinski definition) is 4. The van der Waals surface area contributed by atoms with Crippen molar-refractivity contribution in [1.82, 2.24) is 5.32 Å². The van der Waals surface area contributed by atoms with Crippen molar-refractivity contribution in [1.29, 1.82) is 0 Å². The second-order valence-corrected chi connectivity index (χ2v) is 11.4. The van der Waals surface area contributed by atoms with Crippen molar-refractivity contribution >= 4 is 55.2 Å². The smallest absolute Gasteiger partial charge is 0.159 e. The molecule has 0 spiro atoms. The number of furan rings is 1. The third-order valence-corrected chi connectivity index (χ3v) is 8.73. The predicted molar refractivity (Wildman–Crippen MR) is 186 cm³/mol. The summed E-state index contributed by atoms with van der Waals surface area (Å²) in [5, 5.41) is 10.7. The largest absolute Gasteiger partial charge is 0.456 e. The Morgan fingerprint density at radius 2 is 1.24 bits per heavy atom. The maximum atomic E-state index is 6.37. The summed E-state index contributed by atoms with van der Waals surface area (Å²) in [7, 11) is 0. The van der Waals surface area contributed by atoms with Gasteiger partial charge in [0.25, 0.3) is 0 Å². The summed E-state index contributed by atoms with van der Waals surface area (Å²) in [5.74, 6) is 1.46. The third kappa shape index (κ3) is 4.30. The molecule has 0 bridgehead atoms. The van der Waals surface area contributed by atoms with Crippen LogP contribution in [-0.4, -0.2) is 11.7 Å². The molecule has 45 heavy (non-hydrogen) atoms. The Morgan fingerprint density at radius 3 is 2.11 bits per heavy atom. The summed E-state index contributed by atoms with van der Waals surface area (Å²) in [6, 6.07) is 52.7. The maximum absolute atomic E-state index is 6.37. The van der Waals surface area contributed by atoms with Crippen molar-refractivity contribution in [2.75, 3.05) is 0 Å². The average Bonchev–Trinajstić information content (AvgIpc) is 3.50. The van der Waals surface area contributed by atoms with Crippen molar-refractivity contribution in [3.05, 3.63) is 168 Å². The molecule has 0 aliphatic carbocycles. The van der Waals surface area contributed by atoms with Gasteiger partial charge in [-0.3, -0.25) is 0 Å². The van der Waals surface area contributed by atoms with E-state index in [-0.39, 0.29) is 6.17 Å². The highest BCUT2D eigenvalue weighted by Gasteiger charge is 2.26. The van der Waals surface area contributed by atoms with Gasteiger partial charge < -0.3 is 9.73 Å². The fraction of sp³-hybridized carbons (Fsp3) is 0.0244. The molecule has 9 rings (SSSR count). The van der Waals surface area contributed by atoms with Crippen LogP contribution in [0.2, 0.25) is 0 Å². The molecular formula is C41H27N3O. The highest BCUT2D eigenvalue weighted by molar-refractivity contribution is 6.25. The van der Waals surface area contributed by atoms with E-state index in [1.54, 1.807) is 0 Å². The van der Waals surface area contributed by atoms with Gasteiger partial charge in [0.15, 0.2) is 5.84 Å². The summed E-state index contributed by atoms with van der Waals surface area (Å²) >= 11 is 0. The van der Waals surface area contributed by atoms with Gasteiger partial charge >= 0.3 is 0 Å². The van der Waals surface area contributed by atoms with Crippen LogP contribution in [-0.2, 0) is 0 Å². The fourth-order valence-corrected chi connectivity index (χ4v) is 6.58. The minimum absolute atomic E-state index is 0.321. The van der Waals surface area contributed by atoms with Crippen molar-refractivity contribution in [3.8, 4) is 11.1 Å². The van der Waals surface area contributed by atoms with E-state index < -0.39 is 0 Å². The van der Waals surface area contributed by atoms with Crippen LogP contribution in [0.1, 0.15) is 22.9 Å². The van der Waals surface area contributed by atoms with Crippen molar-refractivity contribution in [2.24, 2.45) is 9.98 Å². The Balaban J connectivity index is 1.30. The number of rotatable bonds is 4. The summed E-state index contributed by atoms with van der Waals surface area (Å²) in [4.78, 5) is 10.5. The Bertz CT molecular complexity index is 2460. The van der Waals surface area contributed by atoms with Gasteiger partial charge in [0.1, 0.15) is 23.2 Å². The van der Waals surface area contributed by atoms with Crippen LogP contribution in [0.4, 0.5) is 0 Å². The van der Waals surface area contributed by atoms with E-state index in [0.29, 0.717) is 5.84 Å². The first-order chi connectivity index (χ1) is 22.3. The summed E-state index contributed by atoms with van der Waals surface area (Å²) in [6.07, 6.45) is -0.321. The van der Waals surface area contributed by atoms with Crippen LogP contribution >= 0.6 is 0 Å². The highest BCUT2D eigenvalue weighted by atomic mass is 16.3. The quantitative estimate of drug-likeness (QED) is 0.212. The van der Waals surface area contributed by atoms with Gasteiger partial charge in [0.05, 0.1) is 0 Å². The van der Waals surface area contributed by atoms with E-state index in [9.17, 15) is 0 Å². The molecule has 1 atom stereocenters. The topological polar surface area (TPSA) is 49.9 Å². The van der Waals surface area contributed by atoms with E-state index in [0.717, 1.165) is 61.0 Å². The van der Waals surface area contributed by atoms with Gasteiger partial charge in [0.2, 0.25) is 0 Å². The number of benzene rings is 7. The second kappa shape index (κ2) is 10.3. The lowest BCUT2D eigenvalue weighted by Crippen LogP contribution is -2.34. The Labute approximate surface area is 260 Å². The molecule has 0 saturated carbocycles. The van der Waals surface area contributed by atoms with E-state index in [1.165, 1.54) is 16.2 Å². The molecule has 8 aromatic rings. The van der Waals surface area contributed by atoms with Crippen LogP contribution in [0.5, 0.6) is 0 Å². The van der Waals surface area contributed by atoms with Crippen LogP contribution in [0.25, 0.3) is 54.6 Å². The van der Waals surface area contributed by atoms with E-state index in [2.05, 4.69) is 133 Å². The molecular weight excluding hydrogens is 550 g/mol. The van der Waals surface area contributed by atoms with Gasteiger partial charge in [-0.25, -0.2) is 9.98 Å². The normalized spacial score (nSPS) is 14.9. The van der Waals surface area contributed by atoms with Gasteiger partial charge in [-0.1, -0.05) is 127 Å². The number of para-hydroxylation sites is 1. The van der Waals surface area contributed by atoms with Crippen molar-refractivity contribution in [3.63, 3.8) is 0 Å². The zero-order valence-electron chi connectivity index (χ0n) is 24.3. The minimum Gasteiger partial charge on any atom is -0.456 e. The van der Waals surface area contributed by atoms with Gasteiger partial charge in [-0.2, -0.15) is 0 Å². The first-order valence-corrected chi connectivity index (χ1v) is 15.2. The number of amidine groups is 2. The minimum atomic E-state index is -0.321.